The van der Waals surface area contributed by atoms with Crippen LogP contribution in [0.5, 0.6) is 0 Å². The molecule has 0 unspecified atom stereocenters. The predicted octanol–water partition coefficient (Wildman–Crippen LogP) is 1.56. The fourth-order valence-corrected chi connectivity index (χ4v) is 3.06. The first-order valence-corrected chi connectivity index (χ1v) is 7.70. The Morgan fingerprint density at radius 3 is 3.09 bits per heavy atom. The second-order valence-corrected chi connectivity index (χ2v) is 5.89. The molecule has 0 aromatic carbocycles. The van der Waals surface area contributed by atoms with Crippen molar-refractivity contribution >= 4 is 11.6 Å². The zero-order valence-corrected chi connectivity index (χ0v) is 12.9. The lowest BCUT2D eigenvalue weighted by atomic mass is 10.1. The van der Waals surface area contributed by atoms with E-state index < -0.39 is 0 Å². The molecule has 0 spiro atoms. The highest BCUT2D eigenvalue weighted by molar-refractivity contribution is 5.79. The van der Waals surface area contributed by atoms with E-state index in [0.717, 1.165) is 34.6 Å². The van der Waals surface area contributed by atoms with Gasteiger partial charge in [0.15, 0.2) is 5.65 Å². The van der Waals surface area contributed by atoms with Gasteiger partial charge in [-0.1, -0.05) is 6.07 Å². The molecule has 4 heterocycles. The van der Waals surface area contributed by atoms with Gasteiger partial charge in [0.25, 0.3) is 0 Å². The average Bonchev–Trinajstić information content (AvgIpc) is 2.96. The molecule has 1 aliphatic heterocycles. The third-order valence-corrected chi connectivity index (χ3v) is 4.20. The Bertz CT molecular complexity index is 871. The lowest BCUT2D eigenvalue weighted by Crippen LogP contribution is -2.37. The molecule has 0 aliphatic carbocycles. The van der Waals surface area contributed by atoms with Gasteiger partial charge in [-0.15, -0.1) is 0 Å². The molecule has 0 atom stereocenters. The lowest BCUT2D eigenvalue weighted by Gasteiger charge is -2.28. The number of hydrogen-bond donors (Lipinski definition) is 0. The Morgan fingerprint density at radius 1 is 1.35 bits per heavy atom. The topological polar surface area (TPSA) is 63.4 Å². The van der Waals surface area contributed by atoms with E-state index in [1.54, 1.807) is 12.4 Å². The number of fused-ring (bicyclic) bond motifs is 3. The van der Waals surface area contributed by atoms with E-state index in [-0.39, 0.29) is 5.91 Å². The summed E-state index contributed by atoms with van der Waals surface area (Å²) in [6.45, 7) is 3.27. The predicted molar refractivity (Wildman–Crippen MR) is 84.8 cm³/mol. The quantitative estimate of drug-likeness (QED) is 0.721. The van der Waals surface area contributed by atoms with Crippen LogP contribution in [0.4, 0.5) is 0 Å². The highest BCUT2D eigenvalue weighted by atomic mass is 16.2. The Hall–Kier alpha value is -2.76. The summed E-state index contributed by atoms with van der Waals surface area (Å²) in [7, 11) is 0. The Balaban J connectivity index is 1.56. The minimum Gasteiger partial charge on any atom is -0.338 e. The number of pyridine rings is 1. The first kappa shape index (κ1) is 13.9. The van der Waals surface area contributed by atoms with Gasteiger partial charge in [0.1, 0.15) is 0 Å². The molecule has 0 saturated heterocycles. The molecule has 6 heteroatoms. The first-order chi connectivity index (χ1) is 11.2. The van der Waals surface area contributed by atoms with Crippen molar-refractivity contribution < 1.29 is 4.79 Å². The van der Waals surface area contributed by atoms with Crippen LogP contribution in [0.15, 0.2) is 36.8 Å². The van der Waals surface area contributed by atoms with Gasteiger partial charge in [0, 0.05) is 49.7 Å². The van der Waals surface area contributed by atoms with Crippen molar-refractivity contribution in [2.75, 3.05) is 6.54 Å². The summed E-state index contributed by atoms with van der Waals surface area (Å²) in [5, 5.41) is 4.51. The van der Waals surface area contributed by atoms with Gasteiger partial charge in [0.05, 0.1) is 17.8 Å². The molecule has 6 nitrogen and oxygen atoms in total. The van der Waals surface area contributed by atoms with E-state index in [9.17, 15) is 4.79 Å². The third-order valence-electron chi connectivity index (χ3n) is 4.20. The smallest absolute Gasteiger partial charge is 0.227 e. The normalized spacial score (nSPS) is 14.0. The van der Waals surface area contributed by atoms with Crippen molar-refractivity contribution in [3.8, 4) is 0 Å². The molecule has 0 bridgehead atoms. The second kappa shape index (κ2) is 5.46. The van der Waals surface area contributed by atoms with E-state index in [1.807, 2.05) is 40.7 Å². The Morgan fingerprint density at radius 2 is 2.26 bits per heavy atom. The zero-order valence-electron chi connectivity index (χ0n) is 12.9. The van der Waals surface area contributed by atoms with E-state index in [1.165, 1.54) is 0 Å². The molecule has 23 heavy (non-hydrogen) atoms. The van der Waals surface area contributed by atoms with E-state index >= 15 is 0 Å². The summed E-state index contributed by atoms with van der Waals surface area (Å²) in [5.74, 6) is 0.125. The van der Waals surface area contributed by atoms with E-state index in [4.69, 9.17) is 0 Å². The van der Waals surface area contributed by atoms with Gasteiger partial charge in [-0.2, -0.15) is 5.10 Å². The van der Waals surface area contributed by atoms with Crippen molar-refractivity contribution in [2.45, 2.75) is 26.3 Å². The maximum Gasteiger partial charge on any atom is 0.227 e. The average molecular weight is 307 g/mol. The Kier molecular flexibility index (Phi) is 3.29. The maximum atomic E-state index is 12.5. The van der Waals surface area contributed by atoms with Crippen molar-refractivity contribution in [1.82, 2.24) is 24.5 Å². The zero-order chi connectivity index (χ0) is 15.8. The number of nitrogens with zero attached hydrogens (tertiary/aromatic N) is 5. The third kappa shape index (κ3) is 2.56. The van der Waals surface area contributed by atoms with Crippen LogP contribution in [0.1, 0.15) is 22.5 Å². The van der Waals surface area contributed by atoms with Crippen LogP contribution in [0.2, 0.25) is 0 Å². The number of carbonyl (C=O) groups is 1. The molecule has 116 valence electrons. The number of carbonyl (C=O) groups excluding carboxylic acids is 1. The standard InChI is InChI=1S/C17H17N5O/c1-12-7-16-19-10-14-11-21(6-4-15(14)22(16)20-12)17(23)8-13-3-2-5-18-9-13/h2-3,5,7,9-10H,4,6,8,11H2,1H3. The van der Waals surface area contributed by atoms with Crippen LogP contribution in [0.3, 0.4) is 0 Å². The SMILES string of the molecule is Cc1cc2ncc3c(n2n1)CCN(C(=O)Cc1cccnc1)C3. The summed E-state index contributed by atoms with van der Waals surface area (Å²) in [6.07, 6.45) is 6.52. The minimum atomic E-state index is 0.125. The number of rotatable bonds is 2. The minimum absolute atomic E-state index is 0.125. The van der Waals surface area contributed by atoms with Crippen LogP contribution >= 0.6 is 0 Å². The van der Waals surface area contributed by atoms with Gasteiger partial charge in [-0.05, 0) is 18.6 Å². The number of aryl methyl sites for hydroxylation is 1. The fourth-order valence-electron chi connectivity index (χ4n) is 3.06. The van der Waals surface area contributed by atoms with Gasteiger partial charge >= 0.3 is 0 Å². The summed E-state index contributed by atoms with van der Waals surface area (Å²) in [6, 6.07) is 5.76. The van der Waals surface area contributed by atoms with Crippen LogP contribution in [0, 0.1) is 6.92 Å². The van der Waals surface area contributed by atoms with Crippen molar-refractivity contribution in [3.63, 3.8) is 0 Å². The maximum absolute atomic E-state index is 12.5. The first-order valence-electron chi connectivity index (χ1n) is 7.70. The molecular formula is C17H17N5O. The summed E-state index contributed by atoms with van der Waals surface area (Å²) < 4.78 is 1.91. The molecule has 4 rings (SSSR count). The van der Waals surface area contributed by atoms with Crippen molar-refractivity contribution in [1.29, 1.82) is 0 Å². The van der Waals surface area contributed by atoms with Gasteiger partial charge < -0.3 is 4.90 Å². The Labute approximate surface area is 133 Å². The summed E-state index contributed by atoms with van der Waals surface area (Å²) >= 11 is 0. The highest BCUT2D eigenvalue weighted by Crippen LogP contribution is 2.20. The second-order valence-electron chi connectivity index (χ2n) is 5.89. The van der Waals surface area contributed by atoms with Crippen LogP contribution in [0.25, 0.3) is 5.65 Å². The lowest BCUT2D eigenvalue weighted by molar-refractivity contribution is -0.131. The highest BCUT2D eigenvalue weighted by Gasteiger charge is 2.23. The van der Waals surface area contributed by atoms with Crippen LogP contribution < -0.4 is 0 Å². The monoisotopic (exact) mass is 307 g/mol. The number of amides is 1. The van der Waals surface area contributed by atoms with Gasteiger partial charge in [-0.3, -0.25) is 9.78 Å². The molecule has 3 aromatic rings. The van der Waals surface area contributed by atoms with Crippen LogP contribution in [-0.2, 0) is 24.2 Å². The van der Waals surface area contributed by atoms with Gasteiger partial charge in [-0.25, -0.2) is 9.50 Å². The molecule has 1 amide bonds. The van der Waals surface area contributed by atoms with E-state index in [2.05, 4.69) is 15.1 Å². The number of aromatic nitrogens is 4. The molecule has 0 N–H and O–H groups in total. The molecule has 0 fully saturated rings. The fraction of sp³-hybridized carbons (Fsp3) is 0.294. The summed E-state index contributed by atoms with van der Waals surface area (Å²) in [5.41, 5.74) is 5.01. The molecule has 3 aromatic heterocycles. The van der Waals surface area contributed by atoms with E-state index in [0.29, 0.717) is 19.5 Å². The van der Waals surface area contributed by atoms with Crippen molar-refractivity contribution in [2.24, 2.45) is 0 Å². The molecule has 1 aliphatic rings. The van der Waals surface area contributed by atoms with Crippen LogP contribution in [-0.4, -0.2) is 36.9 Å². The molecule has 0 radical (unpaired) electrons. The molecular weight excluding hydrogens is 290 g/mol. The number of hydrogen-bond acceptors (Lipinski definition) is 4. The largest absolute Gasteiger partial charge is 0.338 e. The molecule has 0 saturated carbocycles. The summed E-state index contributed by atoms with van der Waals surface area (Å²) in [4.78, 5) is 22.9. The van der Waals surface area contributed by atoms with Crippen molar-refractivity contribution in [3.05, 3.63) is 59.3 Å². The van der Waals surface area contributed by atoms with Gasteiger partial charge in [0.2, 0.25) is 5.91 Å².